The largest absolute Gasteiger partial charge is 0.478 e. The minimum Gasteiger partial charge on any atom is -0.478 e. The van der Waals surface area contributed by atoms with E-state index in [1.165, 1.54) is 11.0 Å². The van der Waals surface area contributed by atoms with Crippen LogP contribution in [0.5, 0.6) is 0 Å². The molecule has 1 aliphatic heterocycles. The lowest BCUT2D eigenvalue weighted by molar-refractivity contribution is -0.146. The average molecular weight is 503 g/mol. The molecule has 1 aromatic heterocycles. The fraction of sp³-hybridized carbons (Fsp3) is 0.385. The maximum Gasteiger partial charge on any atom is 0.401 e. The Morgan fingerprint density at radius 2 is 1.75 bits per heavy atom. The summed E-state index contributed by atoms with van der Waals surface area (Å²) >= 11 is 0. The second-order valence-corrected chi connectivity index (χ2v) is 9.28. The number of benzene rings is 2. The number of hydrogen-bond donors (Lipinski definition) is 2. The molecule has 1 aliphatic rings. The van der Waals surface area contributed by atoms with Crippen molar-refractivity contribution < 1.29 is 23.1 Å². The maximum absolute atomic E-state index is 13.4. The van der Waals surface area contributed by atoms with Crippen LogP contribution in [0.2, 0.25) is 0 Å². The van der Waals surface area contributed by atoms with Crippen molar-refractivity contribution in [2.45, 2.75) is 26.1 Å². The zero-order valence-corrected chi connectivity index (χ0v) is 20.4. The second kappa shape index (κ2) is 9.85. The standard InChI is InChI=1S/C26H29F3N4O3/c1-16-12-19(17(2)30-22-7-5-4-6-18(22)25(35)36)20-14-23(31(3)24(34)21(20)13-16)33-10-8-32(9-11-33)15-26(27,28)29/h4-7,12-14,17,30H,8-11,15H2,1-3H3,(H,35,36). The molecule has 3 aromatic rings. The summed E-state index contributed by atoms with van der Waals surface area (Å²) in [5, 5.41) is 14.1. The number of alkyl halides is 3. The molecule has 4 rings (SSSR count). The third-order valence-corrected chi connectivity index (χ3v) is 6.60. The smallest absolute Gasteiger partial charge is 0.401 e. The van der Waals surface area contributed by atoms with Gasteiger partial charge in [-0.15, -0.1) is 0 Å². The van der Waals surface area contributed by atoms with E-state index in [1.807, 2.05) is 36.9 Å². The Hall–Kier alpha value is -3.53. The van der Waals surface area contributed by atoms with Crippen LogP contribution >= 0.6 is 0 Å². The van der Waals surface area contributed by atoms with Gasteiger partial charge in [-0.25, -0.2) is 4.79 Å². The average Bonchev–Trinajstić information content (AvgIpc) is 2.81. The van der Waals surface area contributed by atoms with Gasteiger partial charge in [0.2, 0.25) is 0 Å². The molecule has 192 valence electrons. The zero-order chi connectivity index (χ0) is 26.2. The van der Waals surface area contributed by atoms with Crippen LogP contribution in [0.3, 0.4) is 0 Å². The van der Waals surface area contributed by atoms with E-state index < -0.39 is 18.7 Å². The summed E-state index contributed by atoms with van der Waals surface area (Å²) in [6.45, 7) is 4.09. The van der Waals surface area contributed by atoms with E-state index in [-0.39, 0.29) is 30.3 Å². The second-order valence-electron chi connectivity index (χ2n) is 9.28. The molecule has 0 amide bonds. The van der Waals surface area contributed by atoms with Gasteiger partial charge in [-0.1, -0.05) is 18.2 Å². The summed E-state index contributed by atoms with van der Waals surface area (Å²) in [6, 6.07) is 12.0. The normalized spacial score (nSPS) is 15.8. The van der Waals surface area contributed by atoms with Crippen LogP contribution in [0.1, 0.15) is 34.5 Å². The summed E-state index contributed by atoms with van der Waals surface area (Å²) in [7, 11) is 1.67. The maximum atomic E-state index is 13.4. The number of nitrogens with zero attached hydrogens (tertiary/aromatic N) is 3. The molecule has 1 atom stereocenters. The number of carboxylic acids is 1. The number of carboxylic acid groups (broad SMARTS) is 1. The number of nitrogens with one attached hydrogen (secondary N) is 1. The number of rotatable bonds is 6. The molecule has 7 nitrogen and oxygen atoms in total. The Morgan fingerprint density at radius 1 is 1.08 bits per heavy atom. The van der Waals surface area contributed by atoms with Gasteiger partial charge in [0.05, 0.1) is 12.1 Å². The van der Waals surface area contributed by atoms with Crippen molar-refractivity contribution in [3.05, 3.63) is 69.5 Å². The zero-order valence-electron chi connectivity index (χ0n) is 20.4. The molecule has 0 saturated carbocycles. The quantitative estimate of drug-likeness (QED) is 0.520. The first-order valence-corrected chi connectivity index (χ1v) is 11.7. The summed E-state index contributed by atoms with van der Waals surface area (Å²) in [5.74, 6) is -0.400. The molecule has 2 heterocycles. The minimum absolute atomic E-state index is 0.148. The number of pyridine rings is 1. The highest BCUT2D eigenvalue weighted by Crippen LogP contribution is 2.31. The van der Waals surface area contributed by atoms with Crippen LogP contribution in [0, 0.1) is 6.92 Å². The topological polar surface area (TPSA) is 77.8 Å². The van der Waals surface area contributed by atoms with Crippen molar-refractivity contribution in [1.82, 2.24) is 9.47 Å². The molecule has 0 bridgehead atoms. The molecule has 36 heavy (non-hydrogen) atoms. The highest BCUT2D eigenvalue weighted by molar-refractivity contribution is 5.94. The third kappa shape index (κ3) is 5.33. The van der Waals surface area contributed by atoms with E-state index in [2.05, 4.69) is 5.32 Å². The van der Waals surface area contributed by atoms with Gasteiger partial charge in [-0.2, -0.15) is 13.2 Å². The summed E-state index contributed by atoms with van der Waals surface area (Å²) in [5.41, 5.74) is 2.15. The summed E-state index contributed by atoms with van der Waals surface area (Å²) in [6.07, 6.45) is -4.24. The van der Waals surface area contributed by atoms with Crippen molar-refractivity contribution in [2.75, 3.05) is 42.9 Å². The predicted octanol–water partition coefficient (Wildman–Crippen LogP) is 4.40. The fourth-order valence-corrected chi connectivity index (χ4v) is 4.83. The fourth-order valence-electron chi connectivity index (χ4n) is 4.83. The van der Waals surface area contributed by atoms with Crippen molar-refractivity contribution >= 4 is 28.2 Å². The molecule has 2 N–H and O–H groups in total. The van der Waals surface area contributed by atoms with Gasteiger partial charge >= 0.3 is 12.1 Å². The Morgan fingerprint density at radius 3 is 2.39 bits per heavy atom. The molecule has 0 radical (unpaired) electrons. The predicted molar refractivity (Wildman–Crippen MR) is 134 cm³/mol. The third-order valence-electron chi connectivity index (χ3n) is 6.60. The Kier molecular flexibility index (Phi) is 6.99. The molecule has 10 heteroatoms. The number of hydrogen-bond acceptors (Lipinski definition) is 5. The van der Waals surface area contributed by atoms with E-state index in [9.17, 15) is 27.9 Å². The Bertz CT molecular complexity index is 1340. The lowest BCUT2D eigenvalue weighted by Crippen LogP contribution is -2.50. The van der Waals surface area contributed by atoms with Crippen LogP contribution in [0.15, 0.2) is 47.3 Å². The van der Waals surface area contributed by atoms with E-state index >= 15 is 0 Å². The number of para-hydroxylation sites is 1. The van der Waals surface area contributed by atoms with Crippen molar-refractivity contribution in [1.29, 1.82) is 0 Å². The van der Waals surface area contributed by atoms with Gasteiger partial charge < -0.3 is 15.3 Å². The lowest BCUT2D eigenvalue weighted by atomic mass is 9.97. The number of fused-ring (bicyclic) bond motifs is 1. The van der Waals surface area contributed by atoms with Crippen LogP contribution < -0.4 is 15.8 Å². The SMILES string of the molecule is Cc1cc(C(C)Nc2ccccc2C(=O)O)c2cc(N3CCN(CC(F)(F)F)CC3)n(C)c(=O)c2c1. The van der Waals surface area contributed by atoms with Gasteiger partial charge in [0.15, 0.2) is 0 Å². The highest BCUT2D eigenvalue weighted by Gasteiger charge is 2.32. The van der Waals surface area contributed by atoms with Crippen LogP contribution in [0.25, 0.3) is 10.8 Å². The number of halogens is 3. The first kappa shape index (κ1) is 25.6. The molecular weight excluding hydrogens is 473 g/mol. The van der Waals surface area contributed by atoms with E-state index in [1.54, 1.807) is 29.8 Å². The Balaban J connectivity index is 1.70. The summed E-state index contributed by atoms with van der Waals surface area (Å²) in [4.78, 5) is 28.3. The number of aromatic carboxylic acids is 1. The van der Waals surface area contributed by atoms with Gasteiger partial charge in [-0.05, 0) is 54.6 Å². The van der Waals surface area contributed by atoms with E-state index in [0.29, 0.717) is 30.0 Å². The van der Waals surface area contributed by atoms with Crippen molar-refractivity contribution in [3.8, 4) is 0 Å². The highest BCUT2D eigenvalue weighted by atomic mass is 19.4. The van der Waals surface area contributed by atoms with Gasteiger partial charge in [0.25, 0.3) is 5.56 Å². The van der Waals surface area contributed by atoms with Crippen LogP contribution in [-0.2, 0) is 7.05 Å². The minimum atomic E-state index is -4.24. The molecule has 1 unspecified atom stereocenters. The lowest BCUT2D eigenvalue weighted by Gasteiger charge is -2.37. The van der Waals surface area contributed by atoms with Crippen LogP contribution in [-0.4, -0.2) is 59.4 Å². The summed E-state index contributed by atoms with van der Waals surface area (Å²) < 4.78 is 39.9. The number of piperazine rings is 1. The number of carbonyl (C=O) groups is 1. The first-order chi connectivity index (χ1) is 16.9. The van der Waals surface area contributed by atoms with Crippen molar-refractivity contribution in [2.24, 2.45) is 7.05 Å². The molecule has 1 fully saturated rings. The van der Waals surface area contributed by atoms with E-state index in [4.69, 9.17) is 0 Å². The Labute approximate surface area is 206 Å². The van der Waals surface area contributed by atoms with Crippen molar-refractivity contribution in [3.63, 3.8) is 0 Å². The molecule has 2 aromatic carbocycles. The molecule has 0 spiro atoms. The molecular formula is C26H29F3N4O3. The van der Waals surface area contributed by atoms with Gasteiger partial charge in [0, 0.05) is 50.3 Å². The van der Waals surface area contributed by atoms with Crippen LogP contribution in [0.4, 0.5) is 24.7 Å². The number of aromatic nitrogens is 1. The number of anilines is 2. The first-order valence-electron chi connectivity index (χ1n) is 11.7. The number of aryl methyl sites for hydroxylation is 1. The van der Waals surface area contributed by atoms with Gasteiger partial charge in [-0.3, -0.25) is 14.3 Å². The van der Waals surface area contributed by atoms with E-state index in [0.717, 1.165) is 16.5 Å². The monoisotopic (exact) mass is 502 g/mol. The molecule has 0 aliphatic carbocycles. The molecule has 1 saturated heterocycles. The van der Waals surface area contributed by atoms with Gasteiger partial charge in [0.1, 0.15) is 5.82 Å².